The van der Waals surface area contributed by atoms with E-state index in [9.17, 15) is 9.59 Å². The van der Waals surface area contributed by atoms with Crippen LogP contribution in [-0.2, 0) is 9.59 Å². The monoisotopic (exact) mass is 453 g/mol. The second kappa shape index (κ2) is 10.8. The fraction of sp³-hybridized carbons (Fsp3) is 0.560. The van der Waals surface area contributed by atoms with Crippen molar-refractivity contribution in [3.63, 3.8) is 0 Å². The molecule has 1 aromatic heterocycles. The molecule has 1 aliphatic heterocycles. The van der Waals surface area contributed by atoms with Crippen LogP contribution in [-0.4, -0.2) is 47.4 Å². The third kappa shape index (κ3) is 5.55. The lowest BCUT2D eigenvalue weighted by Crippen LogP contribution is -2.55. The normalized spacial score (nSPS) is 20.9. The van der Waals surface area contributed by atoms with Crippen LogP contribution in [0.25, 0.3) is 0 Å². The number of carbonyl (C=O) groups excluding carboxylic acids is 2. The smallest absolute Gasteiger partial charge is 0.299 e. The number of carbonyl (C=O) groups is 2. The molecule has 1 saturated carbocycles. The van der Waals surface area contributed by atoms with Gasteiger partial charge in [-0.15, -0.1) is 0 Å². The molecule has 2 amide bonds. The third-order valence-electron chi connectivity index (χ3n) is 6.92. The Morgan fingerprint density at radius 2 is 1.85 bits per heavy atom. The Morgan fingerprint density at radius 3 is 2.58 bits per heavy atom. The topological polar surface area (TPSA) is 99.5 Å². The maximum atomic E-state index is 13.8. The number of likely N-dealkylation sites (N-methyl/N-ethyl adjacent to an activating group) is 1. The fourth-order valence-electron chi connectivity index (χ4n) is 4.91. The number of para-hydroxylation sites is 1. The zero-order valence-corrected chi connectivity index (χ0v) is 19.5. The van der Waals surface area contributed by atoms with Gasteiger partial charge in [-0.25, -0.2) is 4.98 Å². The molecule has 3 atom stereocenters. The summed E-state index contributed by atoms with van der Waals surface area (Å²) < 4.78 is 6.00. The van der Waals surface area contributed by atoms with Crippen molar-refractivity contribution in [2.24, 2.45) is 5.92 Å². The maximum Gasteiger partial charge on any atom is 0.299 e. The van der Waals surface area contributed by atoms with Gasteiger partial charge in [-0.2, -0.15) is 0 Å². The van der Waals surface area contributed by atoms with Crippen molar-refractivity contribution < 1.29 is 14.0 Å². The average Bonchev–Trinajstić information content (AvgIpc) is 3.52. The van der Waals surface area contributed by atoms with Gasteiger partial charge in [0.1, 0.15) is 11.8 Å². The molecule has 1 aliphatic carbocycles. The van der Waals surface area contributed by atoms with E-state index in [-0.39, 0.29) is 29.8 Å². The molecular formula is C25H35N5O3. The summed E-state index contributed by atoms with van der Waals surface area (Å²) in [4.78, 5) is 32.7. The molecule has 1 aromatic carbocycles. The number of nitrogens with zero attached hydrogens (tertiary/aromatic N) is 2. The van der Waals surface area contributed by atoms with Gasteiger partial charge in [-0.1, -0.05) is 37.5 Å². The first-order valence-electron chi connectivity index (χ1n) is 12.1. The minimum atomic E-state index is -0.501. The van der Waals surface area contributed by atoms with E-state index in [0.717, 1.165) is 44.2 Å². The molecule has 2 aromatic rings. The Labute approximate surface area is 195 Å². The van der Waals surface area contributed by atoms with E-state index in [0.29, 0.717) is 18.3 Å². The van der Waals surface area contributed by atoms with Crippen molar-refractivity contribution in [3.8, 4) is 0 Å². The van der Waals surface area contributed by atoms with Gasteiger partial charge in [0.05, 0.1) is 18.3 Å². The summed E-state index contributed by atoms with van der Waals surface area (Å²) in [7, 11) is 1.75. The van der Waals surface area contributed by atoms with Gasteiger partial charge in [0.25, 0.3) is 6.01 Å². The second-order valence-corrected chi connectivity index (χ2v) is 9.14. The number of hydrogen-bond acceptors (Lipinski definition) is 6. The molecule has 8 nitrogen and oxygen atoms in total. The molecule has 3 N–H and O–H groups in total. The van der Waals surface area contributed by atoms with Crippen molar-refractivity contribution in [3.05, 3.63) is 42.3 Å². The summed E-state index contributed by atoms with van der Waals surface area (Å²) in [5, 5.41) is 9.21. The zero-order valence-electron chi connectivity index (χ0n) is 19.5. The first-order valence-corrected chi connectivity index (χ1v) is 12.1. The highest BCUT2D eigenvalue weighted by molar-refractivity contribution is 5.90. The van der Waals surface area contributed by atoms with Crippen LogP contribution in [0.3, 0.4) is 0 Å². The standard InChI is InChI=1S/C25H35N5O3/c1-17(26-2)23(31)29-22(18-10-5-3-6-11-18)24(32)30-15-9-14-20(30)21-16-27-25(33-21)28-19-12-7-4-8-13-19/h4,7-8,12-13,16-18,20,22,26H,3,5-6,9-11,14-15H2,1-2H3,(H,27,28)(H,29,31)/t17-,20-,22?/m0/s1. The van der Waals surface area contributed by atoms with Crippen LogP contribution in [0.2, 0.25) is 0 Å². The van der Waals surface area contributed by atoms with E-state index in [2.05, 4.69) is 20.9 Å². The first-order chi connectivity index (χ1) is 16.1. The van der Waals surface area contributed by atoms with E-state index in [1.54, 1.807) is 13.2 Å². The molecule has 2 heterocycles. The Hall–Kier alpha value is -2.87. The molecule has 8 heteroatoms. The predicted octanol–water partition coefficient (Wildman–Crippen LogP) is 3.75. The summed E-state index contributed by atoms with van der Waals surface area (Å²) in [6.45, 7) is 2.47. The molecule has 0 bridgehead atoms. The van der Waals surface area contributed by atoms with Gasteiger partial charge < -0.3 is 25.3 Å². The summed E-state index contributed by atoms with van der Waals surface area (Å²) in [5.74, 6) is 0.711. The predicted molar refractivity (Wildman–Crippen MR) is 127 cm³/mol. The number of hydrogen-bond donors (Lipinski definition) is 3. The largest absolute Gasteiger partial charge is 0.426 e. The number of nitrogens with one attached hydrogen (secondary N) is 3. The van der Waals surface area contributed by atoms with Gasteiger partial charge in [-0.05, 0) is 57.7 Å². The van der Waals surface area contributed by atoms with E-state index in [1.165, 1.54) is 6.42 Å². The van der Waals surface area contributed by atoms with Gasteiger partial charge >= 0.3 is 0 Å². The van der Waals surface area contributed by atoms with Crippen LogP contribution in [0.4, 0.5) is 11.7 Å². The molecule has 0 radical (unpaired) electrons. The molecular weight excluding hydrogens is 418 g/mol. The van der Waals surface area contributed by atoms with Crippen LogP contribution >= 0.6 is 0 Å². The number of benzene rings is 1. The highest BCUT2D eigenvalue weighted by atomic mass is 16.4. The number of rotatable bonds is 8. The summed E-state index contributed by atoms with van der Waals surface area (Å²) in [6, 6.07) is 9.12. The van der Waals surface area contributed by atoms with Crippen molar-refractivity contribution in [2.75, 3.05) is 18.9 Å². The molecule has 2 fully saturated rings. The molecule has 0 spiro atoms. The summed E-state index contributed by atoms with van der Waals surface area (Å²) in [6.07, 6.45) is 8.77. The number of amides is 2. The Kier molecular flexibility index (Phi) is 7.65. The highest BCUT2D eigenvalue weighted by Gasteiger charge is 2.40. The van der Waals surface area contributed by atoms with Crippen LogP contribution in [0.15, 0.2) is 40.9 Å². The van der Waals surface area contributed by atoms with Crippen LogP contribution in [0.5, 0.6) is 0 Å². The summed E-state index contributed by atoms with van der Waals surface area (Å²) in [5.41, 5.74) is 0.893. The summed E-state index contributed by atoms with van der Waals surface area (Å²) >= 11 is 0. The van der Waals surface area contributed by atoms with E-state index < -0.39 is 6.04 Å². The third-order valence-corrected chi connectivity index (χ3v) is 6.92. The van der Waals surface area contributed by atoms with E-state index in [1.807, 2.05) is 42.2 Å². The number of anilines is 2. The lowest BCUT2D eigenvalue weighted by atomic mass is 9.83. The highest BCUT2D eigenvalue weighted by Crippen LogP contribution is 2.36. The lowest BCUT2D eigenvalue weighted by Gasteiger charge is -2.35. The van der Waals surface area contributed by atoms with Crippen LogP contribution in [0.1, 0.15) is 63.7 Å². The molecule has 1 saturated heterocycles. The van der Waals surface area contributed by atoms with Gasteiger partial charge in [0, 0.05) is 12.2 Å². The van der Waals surface area contributed by atoms with E-state index >= 15 is 0 Å². The molecule has 2 aliphatic rings. The van der Waals surface area contributed by atoms with Gasteiger partial charge in [0.15, 0.2) is 0 Å². The minimum absolute atomic E-state index is 0.00461. The van der Waals surface area contributed by atoms with E-state index in [4.69, 9.17) is 4.42 Å². The average molecular weight is 454 g/mol. The van der Waals surface area contributed by atoms with Crippen molar-refractivity contribution in [2.45, 2.75) is 70.0 Å². The second-order valence-electron chi connectivity index (χ2n) is 9.14. The maximum absolute atomic E-state index is 13.8. The van der Waals surface area contributed by atoms with Crippen molar-refractivity contribution in [1.29, 1.82) is 0 Å². The van der Waals surface area contributed by atoms with Gasteiger partial charge in [-0.3, -0.25) is 9.59 Å². The molecule has 4 rings (SSSR count). The van der Waals surface area contributed by atoms with Crippen molar-refractivity contribution >= 4 is 23.5 Å². The molecule has 1 unspecified atom stereocenters. The Morgan fingerprint density at radius 1 is 1.09 bits per heavy atom. The lowest BCUT2D eigenvalue weighted by molar-refractivity contribution is -0.139. The SMILES string of the molecule is CN[C@@H](C)C(=O)NC(C(=O)N1CCC[C@H]1c1cnc(Nc2ccccc2)o1)C1CCCCC1. The van der Waals surface area contributed by atoms with Crippen molar-refractivity contribution in [1.82, 2.24) is 20.5 Å². The number of oxazole rings is 1. The fourth-order valence-corrected chi connectivity index (χ4v) is 4.91. The number of likely N-dealkylation sites (tertiary alicyclic amines) is 1. The Bertz CT molecular complexity index is 925. The van der Waals surface area contributed by atoms with Crippen LogP contribution in [0, 0.1) is 5.92 Å². The zero-order chi connectivity index (χ0) is 23.2. The first kappa shape index (κ1) is 23.3. The molecule has 178 valence electrons. The van der Waals surface area contributed by atoms with Gasteiger partial charge in [0.2, 0.25) is 11.8 Å². The Balaban J connectivity index is 1.50. The molecule has 33 heavy (non-hydrogen) atoms. The van der Waals surface area contributed by atoms with Crippen LogP contribution < -0.4 is 16.0 Å². The minimum Gasteiger partial charge on any atom is -0.426 e. The number of aromatic nitrogens is 1. The quantitative estimate of drug-likeness (QED) is 0.563.